The van der Waals surface area contributed by atoms with Gasteiger partial charge in [0.15, 0.2) is 0 Å². The fraction of sp³-hybridized carbons (Fsp3) is 0.611. The number of rotatable bonds is 5. The Balaban J connectivity index is 1.68. The van der Waals surface area contributed by atoms with Gasteiger partial charge in [-0.1, -0.05) is 30.3 Å². The highest BCUT2D eigenvalue weighted by Gasteiger charge is 2.43. The minimum Gasteiger partial charge on any atom is -0.469 e. The molecule has 1 saturated carbocycles. The number of nitrogens with zero attached hydrogens (tertiary/aromatic N) is 1. The highest BCUT2D eigenvalue weighted by atomic mass is 16.5. The van der Waals surface area contributed by atoms with Gasteiger partial charge in [0, 0.05) is 6.54 Å². The van der Waals surface area contributed by atoms with Gasteiger partial charge in [-0.2, -0.15) is 0 Å². The van der Waals surface area contributed by atoms with Gasteiger partial charge >= 0.3 is 5.97 Å². The maximum Gasteiger partial charge on any atom is 0.312 e. The maximum absolute atomic E-state index is 12.4. The Morgan fingerprint density at radius 3 is 2.48 bits per heavy atom. The number of likely N-dealkylation sites (tertiary alicyclic amines) is 1. The molecule has 2 fully saturated rings. The second-order valence-corrected chi connectivity index (χ2v) is 6.68. The molecule has 1 aromatic rings. The first-order valence-electron chi connectivity index (χ1n) is 8.06. The highest BCUT2D eigenvalue weighted by Crippen LogP contribution is 2.38. The smallest absolute Gasteiger partial charge is 0.312 e. The number of benzene rings is 1. The van der Waals surface area contributed by atoms with Gasteiger partial charge < -0.3 is 9.64 Å². The lowest BCUT2D eigenvalue weighted by atomic mass is 9.73. The van der Waals surface area contributed by atoms with Crippen LogP contribution in [0.4, 0.5) is 0 Å². The maximum atomic E-state index is 12.4. The van der Waals surface area contributed by atoms with Crippen molar-refractivity contribution in [3.63, 3.8) is 0 Å². The van der Waals surface area contributed by atoms with Crippen molar-refractivity contribution >= 4 is 5.97 Å². The summed E-state index contributed by atoms with van der Waals surface area (Å²) < 4.78 is 5.14. The fourth-order valence-electron chi connectivity index (χ4n) is 3.49. The minimum atomic E-state index is -0.323. The van der Waals surface area contributed by atoms with Crippen LogP contribution in [0.5, 0.6) is 0 Å². The minimum absolute atomic E-state index is 0.0302. The van der Waals surface area contributed by atoms with Gasteiger partial charge in [-0.3, -0.25) is 4.79 Å². The lowest BCUT2D eigenvalue weighted by Gasteiger charge is -2.40. The van der Waals surface area contributed by atoms with Crippen LogP contribution in [-0.4, -0.2) is 37.6 Å². The summed E-state index contributed by atoms with van der Waals surface area (Å²) in [6.07, 6.45) is 5.42. The van der Waals surface area contributed by atoms with Crippen molar-refractivity contribution in [3.8, 4) is 0 Å². The molecule has 0 bridgehead atoms. The average molecular weight is 287 g/mol. The fourth-order valence-corrected chi connectivity index (χ4v) is 3.49. The summed E-state index contributed by atoms with van der Waals surface area (Å²) in [6, 6.07) is 10.3. The normalized spacial score (nSPS) is 22.0. The van der Waals surface area contributed by atoms with E-state index >= 15 is 0 Å². The van der Waals surface area contributed by atoms with Crippen LogP contribution in [-0.2, 0) is 16.0 Å². The van der Waals surface area contributed by atoms with E-state index in [0.717, 1.165) is 38.3 Å². The summed E-state index contributed by atoms with van der Waals surface area (Å²) in [5.74, 6) is 0.891. The Hall–Kier alpha value is -1.35. The number of methoxy groups -OCH3 is 1. The first-order chi connectivity index (χ1) is 10.2. The number of hydrogen-bond acceptors (Lipinski definition) is 3. The highest BCUT2D eigenvalue weighted by molar-refractivity contribution is 5.77. The molecule has 1 saturated heterocycles. The summed E-state index contributed by atoms with van der Waals surface area (Å²) in [4.78, 5) is 14.9. The molecule has 0 amide bonds. The lowest BCUT2D eigenvalue weighted by molar-refractivity contribution is -0.156. The zero-order valence-electron chi connectivity index (χ0n) is 12.9. The summed E-state index contributed by atoms with van der Waals surface area (Å²) in [7, 11) is 1.52. The van der Waals surface area contributed by atoms with E-state index in [2.05, 4.69) is 17.0 Å². The van der Waals surface area contributed by atoms with E-state index in [1.54, 1.807) is 0 Å². The number of esters is 1. The van der Waals surface area contributed by atoms with Crippen molar-refractivity contribution in [2.24, 2.45) is 11.3 Å². The Morgan fingerprint density at radius 2 is 1.90 bits per heavy atom. The molecule has 1 aliphatic carbocycles. The van der Waals surface area contributed by atoms with E-state index in [-0.39, 0.29) is 11.4 Å². The quantitative estimate of drug-likeness (QED) is 0.780. The van der Waals surface area contributed by atoms with Crippen LogP contribution in [0.25, 0.3) is 0 Å². The molecule has 0 aromatic heterocycles. The number of carbonyl (C=O) groups excluding carboxylic acids is 1. The summed E-state index contributed by atoms with van der Waals surface area (Å²) in [5.41, 5.74) is 0.912. The van der Waals surface area contributed by atoms with Gasteiger partial charge in [0.05, 0.1) is 12.5 Å². The molecular formula is C18H25NO2. The summed E-state index contributed by atoms with van der Waals surface area (Å²) in [6.45, 7) is 3.28. The van der Waals surface area contributed by atoms with Gasteiger partial charge in [-0.15, -0.1) is 0 Å². The third kappa shape index (κ3) is 3.46. The Morgan fingerprint density at radius 1 is 1.24 bits per heavy atom. The second-order valence-electron chi connectivity index (χ2n) is 6.68. The Bertz CT molecular complexity index is 473. The van der Waals surface area contributed by atoms with E-state index in [1.165, 1.54) is 32.1 Å². The SMILES string of the molecule is COC(=O)C1(Cc2ccccc2)CCN(CC2CC2)CC1. The molecule has 3 nitrogen and oxygen atoms in total. The summed E-state index contributed by atoms with van der Waals surface area (Å²) in [5, 5.41) is 0. The van der Waals surface area contributed by atoms with Crippen LogP contribution in [0.3, 0.4) is 0 Å². The zero-order chi connectivity index (χ0) is 14.7. The lowest BCUT2D eigenvalue weighted by Crippen LogP contribution is -2.46. The molecule has 21 heavy (non-hydrogen) atoms. The van der Waals surface area contributed by atoms with Crippen molar-refractivity contribution in [1.82, 2.24) is 4.90 Å². The zero-order valence-corrected chi connectivity index (χ0v) is 12.9. The molecule has 3 rings (SSSR count). The topological polar surface area (TPSA) is 29.5 Å². The standard InChI is InChI=1S/C18H25NO2/c1-21-17(20)18(13-15-5-3-2-4-6-15)9-11-19(12-10-18)14-16-7-8-16/h2-6,16H,7-14H2,1H3. The van der Waals surface area contributed by atoms with Crippen LogP contribution in [0, 0.1) is 11.3 Å². The Labute approximate surface area is 127 Å². The van der Waals surface area contributed by atoms with E-state index in [9.17, 15) is 4.79 Å². The number of carbonyl (C=O) groups is 1. The predicted molar refractivity (Wildman–Crippen MR) is 83.0 cm³/mol. The first-order valence-corrected chi connectivity index (χ1v) is 8.06. The van der Waals surface area contributed by atoms with Crippen molar-refractivity contribution in [1.29, 1.82) is 0 Å². The van der Waals surface area contributed by atoms with E-state index in [0.29, 0.717) is 0 Å². The molecule has 1 aromatic carbocycles. The number of piperidine rings is 1. The molecule has 1 heterocycles. The van der Waals surface area contributed by atoms with E-state index in [1.807, 2.05) is 18.2 Å². The predicted octanol–water partition coefficient (Wildman–Crippen LogP) is 2.89. The van der Waals surface area contributed by atoms with Crippen molar-refractivity contribution < 1.29 is 9.53 Å². The molecule has 0 unspecified atom stereocenters. The van der Waals surface area contributed by atoms with Gasteiger partial charge in [0.1, 0.15) is 0 Å². The largest absolute Gasteiger partial charge is 0.469 e. The monoisotopic (exact) mass is 287 g/mol. The van der Waals surface area contributed by atoms with Gasteiger partial charge in [-0.05, 0) is 56.7 Å². The molecule has 0 radical (unpaired) electrons. The molecule has 0 spiro atoms. The van der Waals surface area contributed by atoms with Crippen molar-refractivity contribution in [2.45, 2.75) is 32.1 Å². The molecule has 2 aliphatic rings. The molecular weight excluding hydrogens is 262 g/mol. The van der Waals surface area contributed by atoms with Crippen LogP contribution in [0.1, 0.15) is 31.2 Å². The van der Waals surface area contributed by atoms with Crippen LogP contribution in [0.2, 0.25) is 0 Å². The van der Waals surface area contributed by atoms with E-state index < -0.39 is 0 Å². The van der Waals surface area contributed by atoms with Crippen LogP contribution in [0.15, 0.2) is 30.3 Å². The molecule has 114 valence electrons. The number of ether oxygens (including phenoxy) is 1. The molecule has 0 atom stereocenters. The van der Waals surface area contributed by atoms with Gasteiger partial charge in [0.25, 0.3) is 0 Å². The third-order valence-electron chi connectivity index (χ3n) is 5.03. The van der Waals surface area contributed by atoms with Crippen molar-refractivity contribution in [3.05, 3.63) is 35.9 Å². The van der Waals surface area contributed by atoms with Crippen molar-refractivity contribution in [2.75, 3.05) is 26.7 Å². The molecule has 0 N–H and O–H groups in total. The molecule has 1 aliphatic heterocycles. The molecule has 3 heteroatoms. The second kappa shape index (κ2) is 6.18. The average Bonchev–Trinajstić information content (AvgIpc) is 3.33. The summed E-state index contributed by atoms with van der Waals surface area (Å²) >= 11 is 0. The first kappa shape index (κ1) is 14.6. The van der Waals surface area contributed by atoms with Gasteiger partial charge in [-0.25, -0.2) is 0 Å². The van der Waals surface area contributed by atoms with Crippen LogP contribution >= 0.6 is 0 Å². The third-order valence-corrected chi connectivity index (χ3v) is 5.03. The van der Waals surface area contributed by atoms with E-state index in [4.69, 9.17) is 4.74 Å². The van der Waals surface area contributed by atoms with Crippen LogP contribution < -0.4 is 0 Å². The van der Waals surface area contributed by atoms with Gasteiger partial charge in [0.2, 0.25) is 0 Å². The number of hydrogen-bond donors (Lipinski definition) is 0. The Kier molecular flexibility index (Phi) is 4.29.